The summed E-state index contributed by atoms with van der Waals surface area (Å²) in [5, 5.41) is 22.9. The van der Waals surface area contributed by atoms with Crippen LogP contribution < -0.4 is 10.2 Å². The molecule has 146 valence electrons. The molecule has 2 saturated heterocycles. The Bertz CT molecular complexity index is 584. The molecule has 2 aliphatic rings. The number of piperidine rings is 1. The maximum absolute atomic E-state index is 10.7. The standard InChI is InChI=1S/C18H31N5O3/c1-22(2)13-18(25)4-7-23(8-5-18)16-11-15(14-3-10-26-12-14)20-17(21-16)19-6-9-24/h11,14,24-25H,3-10,12-13H2,1-2H3,(H,19,20,21)/t14-/m0/s1. The van der Waals surface area contributed by atoms with E-state index in [0.717, 1.165) is 50.5 Å². The molecule has 0 unspecified atom stereocenters. The summed E-state index contributed by atoms with van der Waals surface area (Å²) < 4.78 is 5.51. The van der Waals surface area contributed by atoms with Crippen molar-refractivity contribution in [2.45, 2.75) is 30.8 Å². The highest BCUT2D eigenvalue weighted by atomic mass is 16.5. The first kappa shape index (κ1) is 19.3. The van der Waals surface area contributed by atoms with Gasteiger partial charge in [-0.2, -0.15) is 4.98 Å². The third kappa shape index (κ3) is 4.82. The Kier molecular flexibility index (Phi) is 6.29. The molecule has 3 heterocycles. The SMILES string of the molecule is CN(C)CC1(O)CCN(c2cc([C@H]3CCOC3)nc(NCCO)n2)CC1. The van der Waals surface area contributed by atoms with Gasteiger partial charge in [0.05, 0.1) is 24.5 Å². The largest absolute Gasteiger partial charge is 0.395 e. The maximum Gasteiger partial charge on any atom is 0.224 e. The molecule has 8 nitrogen and oxygen atoms in total. The summed E-state index contributed by atoms with van der Waals surface area (Å²) in [7, 11) is 3.98. The van der Waals surface area contributed by atoms with Gasteiger partial charge in [-0.15, -0.1) is 0 Å². The number of aromatic nitrogens is 2. The molecule has 1 atom stereocenters. The molecule has 3 N–H and O–H groups in total. The molecule has 0 radical (unpaired) electrons. The van der Waals surface area contributed by atoms with E-state index in [4.69, 9.17) is 9.84 Å². The van der Waals surface area contributed by atoms with Crippen molar-refractivity contribution in [2.75, 3.05) is 70.3 Å². The van der Waals surface area contributed by atoms with Crippen molar-refractivity contribution < 1.29 is 14.9 Å². The summed E-state index contributed by atoms with van der Waals surface area (Å²) in [6, 6.07) is 2.06. The first-order valence-corrected chi connectivity index (χ1v) is 9.43. The zero-order valence-corrected chi connectivity index (χ0v) is 15.8. The lowest BCUT2D eigenvalue weighted by Gasteiger charge is -2.40. The molecule has 0 bridgehead atoms. The van der Waals surface area contributed by atoms with E-state index in [1.54, 1.807) is 0 Å². The van der Waals surface area contributed by atoms with E-state index in [9.17, 15) is 5.11 Å². The van der Waals surface area contributed by atoms with Gasteiger partial charge < -0.3 is 30.1 Å². The van der Waals surface area contributed by atoms with Crippen molar-refractivity contribution in [1.82, 2.24) is 14.9 Å². The molecule has 2 fully saturated rings. The Labute approximate surface area is 155 Å². The van der Waals surface area contributed by atoms with E-state index in [1.165, 1.54) is 0 Å². The van der Waals surface area contributed by atoms with Crippen molar-refractivity contribution in [3.05, 3.63) is 11.8 Å². The van der Waals surface area contributed by atoms with Crippen LogP contribution in [-0.4, -0.2) is 90.8 Å². The van der Waals surface area contributed by atoms with E-state index < -0.39 is 5.60 Å². The number of nitrogens with zero attached hydrogens (tertiary/aromatic N) is 4. The number of anilines is 2. The number of aliphatic hydroxyl groups is 2. The Morgan fingerprint density at radius 2 is 2.12 bits per heavy atom. The monoisotopic (exact) mass is 365 g/mol. The van der Waals surface area contributed by atoms with Crippen molar-refractivity contribution >= 4 is 11.8 Å². The fourth-order valence-electron chi connectivity index (χ4n) is 3.74. The Morgan fingerprint density at radius 3 is 2.73 bits per heavy atom. The number of ether oxygens (including phenoxy) is 1. The van der Waals surface area contributed by atoms with E-state index in [-0.39, 0.29) is 6.61 Å². The van der Waals surface area contributed by atoms with Gasteiger partial charge in [0.2, 0.25) is 5.95 Å². The smallest absolute Gasteiger partial charge is 0.224 e. The maximum atomic E-state index is 10.7. The van der Waals surface area contributed by atoms with Gasteiger partial charge in [0.1, 0.15) is 5.82 Å². The van der Waals surface area contributed by atoms with Crippen LogP contribution >= 0.6 is 0 Å². The van der Waals surface area contributed by atoms with Crippen LogP contribution in [0.3, 0.4) is 0 Å². The second-order valence-electron chi connectivity index (χ2n) is 7.63. The van der Waals surface area contributed by atoms with Gasteiger partial charge >= 0.3 is 0 Å². The van der Waals surface area contributed by atoms with Crippen LogP contribution in [0.1, 0.15) is 30.9 Å². The highest BCUT2D eigenvalue weighted by molar-refractivity contribution is 5.46. The minimum Gasteiger partial charge on any atom is -0.395 e. The topological polar surface area (TPSA) is 94.0 Å². The summed E-state index contributed by atoms with van der Waals surface area (Å²) in [6.07, 6.45) is 2.41. The molecule has 3 rings (SSSR count). The number of aliphatic hydroxyl groups excluding tert-OH is 1. The lowest BCUT2D eigenvalue weighted by atomic mass is 9.91. The van der Waals surface area contributed by atoms with Crippen molar-refractivity contribution in [1.29, 1.82) is 0 Å². The van der Waals surface area contributed by atoms with Crippen LogP contribution in [0.4, 0.5) is 11.8 Å². The lowest BCUT2D eigenvalue weighted by molar-refractivity contribution is -0.00547. The van der Waals surface area contributed by atoms with Gasteiger partial charge in [-0.05, 0) is 33.4 Å². The number of likely N-dealkylation sites (N-methyl/N-ethyl adjacent to an activating group) is 1. The Hall–Kier alpha value is -1.48. The first-order valence-electron chi connectivity index (χ1n) is 9.43. The number of rotatable bonds is 7. The molecular weight excluding hydrogens is 334 g/mol. The molecule has 26 heavy (non-hydrogen) atoms. The van der Waals surface area contributed by atoms with Crippen molar-refractivity contribution in [2.24, 2.45) is 0 Å². The number of hydrogen-bond donors (Lipinski definition) is 3. The second kappa shape index (κ2) is 8.47. The molecule has 8 heteroatoms. The number of hydrogen-bond acceptors (Lipinski definition) is 8. The lowest BCUT2D eigenvalue weighted by Crippen LogP contribution is -2.50. The Morgan fingerprint density at radius 1 is 1.35 bits per heavy atom. The Balaban J connectivity index is 1.75. The fraction of sp³-hybridized carbons (Fsp3) is 0.778. The van der Waals surface area contributed by atoms with E-state index in [1.807, 2.05) is 19.0 Å². The predicted molar refractivity (Wildman–Crippen MR) is 101 cm³/mol. The molecule has 0 aliphatic carbocycles. The number of nitrogens with one attached hydrogen (secondary N) is 1. The third-order valence-corrected chi connectivity index (χ3v) is 5.10. The highest BCUT2D eigenvalue weighted by Gasteiger charge is 2.33. The summed E-state index contributed by atoms with van der Waals surface area (Å²) in [6.45, 7) is 4.13. The van der Waals surface area contributed by atoms with Gasteiger partial charge in [0, 0.05) is 44.8 Å². The predicted octanol–water partition coefficient (Wildman–Crippen LogP) is 0.278. The van der Waals surface area contributed by atoms with Gasteiger partial charge in [0.15, 0.2) is 0 Å². The van der Waals surface area contributed by atoms with Crippen LogP contribution in [-0.2, 0) is 4.74 Å². The molecule has 0 aromatic carbocycles. The molecule has 1 aromatic rings. The minimum atomic E-state index is -0.632. The van der Waals surface area contributed by atoms with Crippen LogP contribution in [0.25, 0.3) is 0 Å². The van der Waals surface area contributed by atoms with Crippen molar-refractivity contribution in [3.63, 3.8) is 0 Å². The zero-order valence-electron chi connectivity index (χ0n) is 15.8. The molecule has 0 spiro atoms. The van der Waals surface area contributed by atoms with Crippen LogP contribution in [0.15, 0.2) is 6.07 Å². The van der Waals surface area contributed by atoms with Gasteiger partial charge in [-0.25, -0.2) is 4.98 Å². The molecule has 0 saturated carbocycles. The van der Waals surface area contributed by atoms with Gasteiger partial charge in [-0.3, -0.25) is 0 Å². The fourth-order valence-corrected chi connectivity index (χ4v) is 3.74. The normalized spacial score (nSPS) is 22.8. The summed E-state index contributed by atoms with van der Waals surface area (Å²) in [5.41, 5.74) is 0.356. The summed E-state index contributed by atoms with van der Waals surface area (Å²) in [5.74, 6) is 1.73. The van der Waals surface area contributed by atoms with Crippen LogP contribution in [0.2, 0.25) is 0 Å². The molecular formula is C18H31N5O3. The van der Waals surface area contributed by atoms with E-state index >= 15 is 0 Å². The molecule has 0 amide bonds. The quantitative estimate of drug-likeness (QED) is 0.634. The minimum absolute atomic E-state index is 0.0384. The highest BCUT2D eigenvalue weighted by Crippen LogP contribution is 2.30. The average molecular weight is 365 g/mol. The second-order valence-corrected chi connectivity index (χ2v) is 7.63. The van der Waals surface area contributed by atoms with Crippen molar-refractivity contribution in [3.8, 4) is 0 Å². The van der Waals surface area contributed by atoms with Crippen LogP contribution in [0.5, 0.6) is 0 Å². The molecule has 2 aliphatic heterocycles. The van der Waals surface area contributed by atoms with Gasteiger partial charge in [0.25, 0.3) is 0 Å². The van der Waals surface area contributed by atoms with Gasteiger partial charge in [-0.1, -0.05) is 0 Å². The third-order valence-electron chi connectivity index (χ3n) is 5.10. The summed E-state index contributed by atoms with van der Waals surface area (Å²) in [4.78, 5) is 13.5. The van der Waals surface area contributed by atoms with E-state index in [2.05, 4.69) is 26.3 Å². The average Bonchev–Trinajstić information content (AvgIpc) is 3.14. The molecule has 1 aromatic heterocycles. The van der Waals surface area contributed by atoms with E-state index in [0.29, 0.717) is 31.6 Å². The first-order chi connectivity index (χ1) is 12.5. The van der Waals surface area contributed by atoms with Crippen LogP contribution in [0, 0.1) is 0 Å². The summed E-state index contributed by atoms with van der Waals surface area (Å²) >= 11 is 0. The zero-order chi connectivity index (χ0) is 18.6.